The largest absolute Gasteiger partial charge is 0.465 e. The molecule has 1 fully saturated rings. The predicted molar refractivity (Wildman–Crippen MR) is 133 cm³/mol. The minimum Gasteiger partial charge on any atom is -0.465 e. The molecule has 0 aliphatic heterocycles. The number of carbonyl (C=O) groups is 2. The van der Waals surface area contributed by atoms with Gasteiger partial charge in [0.15, 0.2) is 5.41 Å². The van der Waals surface area contributed by atoms with Crippen LogP contribution in [0.25, 0.3) is 0 Å². The molecule has 0 aromatic heterocycles. The summed E-state index contributed by atoms with van der Waals surface area (Å²) in [4.78, 5) is 26.9. The number of ether oxygens (including phenoxy) is 2. The molecule has 3 atom stereocenters. The van der Waals surface area contributed by atoms with Gasteiger partial charge in [-0.15, -0.1) is 0 Å². The molecule has 0 amide bonds. The third kappa shape index (κ3) is 3.76. The van der Waals surface area contributed by atoms with Gasteiger partial charge in [-0.2, -0.15) is 0 Å². The summed E-state index contributed by atoms with van der Waals surface area (Å²) in [7, 11) is -2.16. The summed E-state index contributed by atoms with van der Waals surface area (Å²) in [5, 5.41) is 0. The third-order valence-electron chi connectivity index (χ3n) is 8.68. The molecule has 0 heterocycles. The second kappa shape index (κ2) is 9.69. The van der Waals surface area contributed by atoms with Gasteiger partial charge in [-0.25, -0.2) is 0 Å². The van der Waals surface area contributed by atoms with Crippen LogP contribution in [0, 0.1) is 16.7 Å². The van der Waals surface area contributed by atoms with E-state index >= 15 is 0 Å². The molecule has 33 heavy (non-hydrogen) atoms. The molecule has 3 aliphatic rings. The molecule has 1 saturated carbocycles. The van der Waals surface area contributed by atoms with Crippen LogP contribution in [0.2, 0.25) is 16.6 Å². The van der Waals surface area contributed by atoms with E-state index in [0.29, 0.717) is 16.6 Å². The van der Waals surface area contributed by atoms with Crippen molar-refractivity contribution in [1.82, 2.24) is 0 Å². The monoisotopic (exact) mass is 476 g/mol. The molecule has 6 heteroatoms. The summed E-state index contributed by atoms with van der Waals surface area (Å²) >= 11 is 0. The van der Waals surface area contributed by atoms with Crippen molar-refractivity contribution in [1.29, 1.82) is 0 Å². The number of allylic oxidation sites excluding steroid dienone is 1. The van der Waals surface area contributed by atoms with Crippen molar-refractivity contribution < 1.29 is 23.5 Å². The van der Waals surface area contributed by atoms with Crippen molar-refractivity contribution in [2.24, 2.45) is 16.7 Å². The first-order valence-corrected chi connectivity index (χ1v) is 15.1. The van der Waals surface area contributed by atoms with Crippen LogP contribution >= 0.6 is 0 Å². The van der Waals surface area contributed by atoms with Gasteiger partial charge >= 0.3 is 11.9 Å². The maximum Gasteiger partial charge on any atom is 0.327 e. The molecule has 5 nitrogen and oxygen atoms in total. The highest BCUT2D eigenvalue weighted by molar-refractivity contribution is 6.77. The van der Waals surface area contributed by atoms with Crippen molar-refractivity contribution >= 4 is 20.3 Å². The van der Waals surface area contributed by atoms with E-state index in [1.54, 1.807) is 13.8 Å². The molecule has 3 aliphatic carbocycles. The van der Waals surface area contributed by atoms with Gasteiger partial charge in [-0.05, 0) is 55.3 Å². The number of hydrogen-bond acceptors (Lipinski definition) is 5. The molecule has 186 valence electrons. The third-order valence-corrected chi connectivity index (χ3v) is 14.8. The average molecular weight is 477 g/mol. The molecule has 0 aromatic rings. The number of carbonyl (C=O) groups excluding carboxylic acids is 2. The average Bonchev–Trinajstić information content (AvgIpc) is 3.28. The SMILES string of the molecule is CCOC(=O)C1(C(=O)OCC)C=C2C=CC[C@@H](O[Si](C(C)C)(C(C)C)C(C)C)[C@@]23CCC[C@@H]13. The Hall–Kier alpha value is -1.40. The van der Waals surface area contributed by atoms with Crippen LogP contribution in [0.5, 0.6) is 0 Å². The summed E-state index contributed by atoms with van der Waals surface area (Å²) in [6, 6.07) is 0. The van der Waals surface area contributed by atoms with Crippen LogP contribution in [0.4, 0.5) is 0 Å². The summed E-state index contributed by atoms with van der Waals surface area (Å²) in [6.45, 7) is 17.9. The van der Waals surface area contributed by atoms with E-state index in [2.05, 4.69) is 53.7 Å². The van der Waals surface area contributed by atoms with Gasteiger partial charge in [-0.1, -0.05) is 66.2 Å². The molecule has 0 radical (unpaired) electrons. The van der Waals surface area contributed by atoms with Crippen molar-refractivity contribution in [3.8, 4) is 0 Å². The Kier molecular flexibility index (Phi) is 7.69. The minimum atomic E-state index is -2.16. The molecular formula is C27H44O5Si. The van der Waals surface area contributed by atoms with Crippen LogP contribution in [0.1, 0.15) is 81.1 Å². The molecule has 0 unspecified atom stereocenters. The van der Waals surface area contributed by atoms with Crippen molar-refractivity contribution in [2.75, 3.05) is 13.2 Å². The first-order valence-electron chi connectivity index (χ1n) is 13.0. The van der Waals surface area contributed by atoms with Crippen molar-refractivity contribution in [3.05, 3.63) is 23.8 Å². The standard InChI is InChI=1S/C27H44O5Si/c1-9-30-24(28)27(25(29)31-10-2)17-21-13-11-15-23(26(21)16-12-14-22(26)27)32-33(18(3)4,19(5)6)20(7)8/h11,13,17-20,22-23H,9-10,12,14-16H2,1-8H3/t22-,23-,26+/m1/s1. The van der Waals surface area contributed by atoms with Crippen LogP contribution < -0.4 is 0 Å². The fraction of sp³-hybridized carbons (Fsp3) is 0.778. The fourth-order valence-electron chi connectivity index (χ4n) is 7.59. The lowest BCUT2D eigenvalue weighted by Gasteiger charge is -2.51. The van der Waals surface area contributed by atoms with Crippen LogP contribution in [-0.4, -0.2) is 39.6 Å². The highest BCUT2D eigenvalue weighted by Crippen LogP contribution is 2.67. The molecule has 0 saturated heterocycles. The van der Waals surface area contributed by atoms with E-state index in [1.165, 1.54) is 0 Å². The van der Waals surface area contributed by atoms with Gasteiger partial charge in [0, 0.05) is 11.3 Å². The molecule has 3 rings (SSSR count). The maximum atomic E-state index is 13.5. The summed E-state index contributed by atoms with van der Waals surface area (Å²) in [6.07, 6.45) is 9.66. The summed E-state index contributed by atoms with van der Waals surface area (Å²) in [5.41, 5.74) is 0.744. The lowest BCUT2D eigenvalue weighted by molar-refractivity contribution is -0.174. The van der Waals surface area contributed by atoms with Gasteiger partial charge in [0.05, 0.1) is 19.3 Å². The minimum absolute atomic E-state index is 0.0363. The van der Waals surface area contributed by atoms with E-state index < -0.39 is 25.7 Å². The molecule has 1 spiro atoms. The topological polar surface area (TPSA) is 61.8 Å². The molecule has 0 aromatic carbocycles. The Balaban J connectivity index is 2.14. The maximum absolute atomic E-state index is 13.5. The second-order valence-electron chi connectivity index (χ2n) is 11.0. The highest BCUT2D eigenvalue weighted by Gasteiger charge is 2.70. The zero-order valence-electron chi connectivity index (χ0n) is 21.9. The molecule has 0 N–H and O–H groups in total. The normalized spacial score (nSPS) is 28.2. The molecule has 0 bridgehead atoms. The first-order chi connectivity index (χ1) is 15.5. The zero-order chi connectivity index (χ0) is 24.6. The van der Waals surface area contributed by atoms with E-state index in [0.717, 1.165) is 31.3 Å². The Morgan fingerprint density at radius 3 is 2.03 bits per heavy atom. The summed E-state index contributed by atoms with van der Waals surface area (Å²) < 4.78 is 18.4. The number of esters is 2. The van der Waals surface area contributed by atoms with Gasteiger partial charge in [0.2, 0.25) is 8.32 Å². The summed E-state index contributed by atoms with van der Waals surface area (Å²) in [5.74, 6) is -1.13. The van der Waals surface area contributed by atoms with Gasteiger partial charge in [-0.3, -0.25) is 9.59 Å². The zero-order valence-corrected chi connectivity index (χ0v) is 22.9. The number of rotatable bonds is 9. The highest BCUT2D eigenvalue weighted by atomic mass is 28.4. The molecular weight excluding hydrogens is 432 g/mol. The Labute approximate surface area is 201 Å². The van der Waals surface area contributed by atoms with Crippen LogP contribution in [0.3, 0.4) is 0 Å². The first kappa shape index (κ1) is 26.2. The number of hydrogen-bond donors (Lipinski definition) is 0. The van der Waals surface area contributed by atoms with E-state index in [9.17, 15) is 9.59 Å². The van der Waals surface area contributed by atoms with Gasteiger partial charge in [0.25, 0.3) is 0 Å². The lowest BCUT2D eigenvalue weighted by Crippen LogP contribution is -2.56. The van der Waals surface area contributed by atoms with Crippen LogP contribution in [-0.2, 0) is 23.5 Å². The smallest absolute Gasteiger partial charge is 0.327 e. The van der Waals surface area contributed by atoms with Crippen LogP contribution in [0.15, 0.2) is 23.8 Å². The van der Waals surface area contributed by atoms with Crippen molar-refractivity contribution in [3.63, 3.8) is 0 Å². The second-order valence-corrected chi connectivity index (χ2v) is 16.4. The quantitative estimate of drug-likeness (QED) is 0.220. The van der Waals surface area contributed by atoms with E-state index in [-0.39, 0.29) is 30.7 Å². The Morgan fingerprint density at radius 1 is 1.00 bits per heavy atom. The van der Waals surface area contributed by atoms with Crippen molar-refractivity contribution in [2.45, 2.75) is 104 Å². The predicted octanol–water partition coefficient (Wildman–Crippen LogP) is 6.35. The van der Waals surface area contributed by atoms with Gasteiger partial charge < -0.3 is 13.9 Å². The van der Waals surface area contributed by atoms with E-state index in [4.69, 9.17) is 13.9 Å². The Bertz CT molecular complexity index is 772. The Morgan fingerprint density at radius 2 is 1.55 bits per heavy atom. The lowest BCUT2D eigenvalue weighted by atomic mass is 9.63. The van der Waals surface area contributed by atoms with E-state index in [1.807, 2.05) is 6.08 Å². The van der Waals surface area contributed by atoms with Gasteiger partial charge in [0.1, 0.15) is 0 Å². The fourth-order valence-corrected chi connectivity index (χ4v) is 13.2.